The van der Waals surface area contributed by atoms with Crippen molar-refractivity contribution >= 4 is 29.0 Å². The molecule has 0 spiro atoms. The van der Waals surface area contributed by atoms with E-state index in [9.17, 15) is 4.79 Å². The van der Waals surface area contributed by atoms with Crippen LogP contribution in [0.1, 0.15) is 28.8 Å². The fraction of sp³-hybridized carbons (Fsp3) is 0.188. The lowest BCUT2D eigenvalue weighted by Crippen LogP contribution is -2.20. The molecule has 1 aliphatic rings. The van der Waals surface area contributed by atoms with E-state index in [1.165, 1.54) is 0 Å². The molecule has 3 heteroatoms. The highest BCUT2D eigenvalue weighted by atomic mass is 35.5. The Bertz CT molecular complexity index is 610. The maximum atomic E-state index is 12.6. The molecular formula is C16H12Cl2O. The number of rotatable bonds is 3. The molecule has 1 aliphatic carbocycles. The molecule has 2 aromatic rings. The molecule has 96 valence electrons. The van der Waals surface area contributed by atoms with Gasteiger partial charge in [0.05, 0.1) is 5.41 Å². The molecule has 0 heterocycles. The van der Waals surface area contributed by atoms with Crippen molar-refractivity contribution in [1.82, 2.24) is 0 Å². The number of halogens is 2. The Morgan fingerprint density at radius 3 is 1.79 bits per heavy atom. The van der Waals surface area contributed by atoms with E-state index in [2.05, 4.69) is 0 Å². The lowest BCUT2D eigenvalue weighted by molar-refractivity contribution is 0.0946. The molecule has 0 aromatic heterocycles. The van der Waals surface area contributed by atoms with Crippen LogP contribution in [0.25, 0.3) is 0 Å². The van der Waals surface area contributed by atoms with E-state index < -0.39 is 0 Å². The average Bonchev–Trinajstić information content (AvgIpc) is 3.21. The first-order valence-corrected chi connectivity index (χ1v) is 6.94. The average molecular weight is 291 g/mol. The third-order valence-corrected chi connectivity index (χ3v) is 4.19. The van der Waals surface area contributed by atoms with Crippen LogP contribution in [0.15, 0.2) is 48.5 Å². The second-order valence-corrected chi connectivity index (χ2v) is 5.80. The van der Waals surface area contributed by atoms with Gasteiger partial charge in [-0.25, -0.2) is 0 Å². The van der Waals surface area contributed by atoms with Crippen LogP contribution in [-0.2, 0) is 5.41 Å². The summed E-state index contributed by atoms with van der Waals surface area (Å²) in [5, 5.41) is 1.34. The maximum absolute atomic E-state index is 12.6. The van der Waals surface area contributed by atoms with Crippen molar-refractivity contribution < 1.29 is 4.79 Å². The highest BCUT2D eigenvalue weighted by molar-refractivity contribution is 6.31. The third-order valence-electron chi connectivity index (χ3n) is 3.69. The third kappa shape index (κ3) is 2.29. The van der Waals surface area contributed by atoms with Gasteiger partial charge in [-0.1, -0.05) is 35.3 Å². The van der Waals surface area contributed by atoms with E-state index in [4.69, 9.17) is 23.2 Å². The van der Waals surface area contributed by atoms with E-state index in [1.54, 1.807) is 24.3 Å². The van der Waals surface area contributed by atoms with Crippen LogP contribution in [0.5, 0.6) is 0 Å². The SMILES string of the molecule is O=C(c1ccc(Cl)cc1)C1(c2ccc(Cl)cc2)CC1. The van der Waals surface area contributed by atoms with Crippen molar-refractivity contribution in [2.75, 3.05) is 0 Å². The van der Waals surface area contributed by atoms with E-state index in [0.717, 1.165) is 24.0 Å². The van der Waals surface area contributed by atoms with Crippen molar-refractivity contribution in [3.63, 3.8) is 0 Å². The summed E-state index contributed by atoms with van der Waals surface area (Å²) in [6, 6.07) is 14.7. The first-order chi connectivity index (χ1) is 9.12. The van der Waals surface area contributed by atoms with Gasteiger partial charge in [0.1, 0.15) is 0 Å². The molecule has 3 rings (SSSR count). The van der Waals surface area contributed by atoms with Crippen molar-refractivity contribution in [3.8, 4) is 0 Å². The lowest BCUT2D eigenvalue weighted by atomic mass is 9.87. The minimum absolute atomic E-state index is 0.173. The number of hydrogen-bond acceptors (Lipinski definition) is 1. The number of carbonyl (C=O) groups excluding carboxylic acids is 1. The summed E-state index contributed by atoms with van der Waals surface area (Å²) in [6.45, 7) is 0. The highest BCUT2D eigenvalue weighted by Gasteiger charge is 2.51. The van der Waals surface area contributed by atoms with Gasteiger partial charge in [0.15, 0.2) is 5.78 Å². The van der Waals surface area contributed by atoms with Gasteiger partial charge in [0.2, 0.25) is 0 Å². The summed E-state index contributed by atoms with van der Waals surface area (Å²) < 4.78 is 0. The van der Waals surface area contributed by atoms with Crippen LogP contribution in [0.2, 0.25) is 10.0 Å². The zero-order valence-corrected chi connectivity index (χ0v) is 11.7. The zero-order valence-electron chi connectivity index (χ0n) is 10.2. The largest absolute Gasteiger partial charge is 0.293 e. The van der Waals surface area contributed by atoms with Gasteiger partial charge in [-0.15, -0.1) is 0 Å². The summed E-state index contributed by atoms with van der Waals surface area (Å²) in [6.07, 6.45) is 1.80. The van der Waals surface area contributed by atoms with E-state index in [0.29, 0.717) is 10.0 Å². The van der Waals surface area contributed by atoms with Gasteiger partial charge in [-0.2, -0.15) is 0 Å². The second kappa shape index (κ2) is 4.66. The fourth-order valence-electron chi connectivity index (χ4n) is 2.42. The summed E-state index contributed by atoms with van der Waals surface area (Å²) in [7, 11) is 0. The Kier molecular flexibility index (Phi) is 3.12. The Balaban J connectivity index is 1.94. The second-order valence-electron chi connectivity index (χ2n) is 4.93. The maximum Gasteiger partial charge on any atom is 0.173 e. The summed E-state index contributed by atoms with van der Waals surface area (Å²) in [5.74, 6) is 0.173. The molecule has 0 unspecified atom stereocenters. The number of hydrogen-bond donors (Lipinski definition) is 0. The predicted molar refractivity (Wildman–Crippen MR) is 78.1 cm³/mol. The van der Waals surface area contributed by atoms with E-state index >= 15 is 0 Å². The Labute approximate surface area is 122 Å². The van der Waals surface area contributed by atoms with Gasteiger partial charge >= 0.3 is 0 Å². The number of Topliss-reactive ketones (excluding diaryl/α,β-unsaturated/α-hetero) is 1. The minimum Gasteiger partial charge on any atom is -0.293 e. The summed E-state index contributed by atoms with van der Waals surface area (Å²) >= 11 is 11.8. The van der Waals surface area contributed by atoms with Crippen LogP contribution < -0.4 is 0 Å². The molecule has 19 heavy (non-hydrogen) atoms. The quantitative estimate of drug-likeness (QED) is 0.734. The van der Waals surface area contributed by atoms with Crippen LogP contribution in [0, 0.1) is 0 Å². The van der Waals surface area contributed by atoms with Crippen molar-refractivity contribution in [2.45, 2.75) is 18.3 Å². The molecule has 0 N–H and O–H groups in total. The number of benzene rings is 2. The molecule has 1 fully saturated rings. The summed E-state index contributed by atoms with van der Waals surface area (Å²) in [4.78, 5) is 12.6. The molecule has 2 aromatic carbocycles. The Morgan fingerprint density at radius 2 is 1.32 bits per heavy atom. The van der Waals surface area contributed by atoms with Crippen molar-refractivity contribution in [2.24, 2.45) is 0 Å². The molecule has 0 atom stereocenters. The first kappa shape index (κ1) is 12.7. The minimum atomic E-state index is -0.349. The summed E-state index contributed by atoms with van der Waals surface area (Å²) in [5.41, 5.74) is 1.42. The molecule has 0 saturated heterocycles. The van der Waals surface area contributed by atoms with Gasteiger partial charge < -0.3 is 0 Å². The van der Waals surface area contributed by atoms with Gasteiger partial charge in [-0.05, 0) is 54.8 Å². The van der Waals surface area contributed by atoms with E-state index in [1.807, 2.05) is 24.3 Å². The molecular weight excluding hydrogens is 279 g/mol. The van der Waals surface area contributed by atoms with Crippen LogP contribution >= 0.6 is 23.2 Å². The normalized spacial score (nSPS) is 16.1. The molecule has 1 saturated carbocycles. The first-order valence-electron chi connectivity index (χ1n) is 6.18. The van der Waals surface area contributed by atoms with Crippen molar-refractivity contribution in [3.05, 3.63) is 69.7 Å². The standard InChI is InChI=1S/C16H12Cl2O/c17-13-5-1-11(2-6-13)15(19)16(9-10-16)12-3-7-14(18)8-4-12/h1-8H,9-10H2. The molecule has 0 aliphatic heterocycles. The van der Waals surface area contributed by atoms with E-state index in [-0.39, 0.29) is 11.2 Å². The fourth-order valence-corrected chi connectivity index (χ4v) is 2.67. The van der Waals surface area contributed by atoms with Gasteiger partial charge in [-0.3, -0.25) is 4.79 Å². The van der Waals surface area contributed by atoms with Crippen LogP contribution in [0.3, 0.4) is 0 Å². The Hall–Kier alpha value is -1.31. The molecule has 0 radical (unpaired) electrons. The lowest BCUT2D eigenvalue weighted by Gasteiger charge is -2.14. The topological polar surface area (TPSA) is 17.1 Å². The van der Waals surface area contributed by atoms with Crippen LogP contribution in [0.4, 0.5) is 0 Å². The van der Waals surface area contributed by atoms with Crippen LogP contribution in [-0.4, -0.2) is 5.78 Å². The predicted octanol–water partition coefficient (Wildman–Crippen LogP) is 4.91. The Morgan fingerprint density at radius 1 is 0.842 bits per heavy atom. The van der Waals surface area contributed by atoms with Crippen molar-refractivity contribution in [1.29, 1.82) is 0 Å². The highest BCUT2D eigenvalue weighted by Crippen LogP contribution is 2.50. The van der Waals surface area contributed by atoms with Gasteiger partial charge in [0, 0.05) is 15.6 Å². The molecule has 1 nitrogen and oxygen atoms in total. The monoisotopic (exact) mass is 290 g/mol. The molecule has 0 amide bonds. The number of carbonyl (C=O) groups is 1. The smallest absolute Gasteiger partial charge is 0.173 e. The number of ketones is 1. The van der Waals surface area contributed by atoms with Gasteiger partial charge in [0.25, 0.3) is 0 Å². The molecule has 0 bridgehead atoms. The zero-order chi connectivity index (χ0) is 13.5.